The number of benzene rings is 1. The van der Waals surface area contributed by atoms with E-state index in [1.807, 2.05) is 12.1 Å². The molecule has 0 radical (unpaired) electrons. The second-order valence-electron chi connectivity index (χ2n) is 3.76. The summed E-state index contributed by atoms with van der Waals surface area (Å²) in [6, 6.07) is 8.87. The van der Waals surface area contributed by atoms with Gasteiger partial charge in [-0.3, -0.25) is 15.2 Å². The van der Waals surface area contributed by atoms with Crippen molar-refractivity contribution in [1.82, 2.24) is 10.4 Å². The van der Waals surface area contributed by atoms with Crippen LogP contribution in [0.4, 0.5) is 0 Å². The fourth-order valence-corrected chi connectivity index (χ4v) is 1.88. The molecule has 0 unspecified atom stereocenters. The van der Waals surface area contributed by atoms with Crippen LogP contribution < -0.4 is 16.0 Å². The number of carbonyl (C=O) groups is 1. The molecule has 0 fully saturated rings. The van der Waals surface area contributed by atoms with Crippen LogP contribution in [0.5, 0.6) is 5.75 Å². The second kappa shape index (κ2) is 6.31. The molecular weight excluding hydrogens is 310 g/mol. The van der Waals surface area contributed by atoms with Crippen LogP contribution in [-0.2, 0) is 6.61 Å². The van der Waals surface area contributed by atoms with E-state index in [0.29, 0.717) is 17.9 Å². The fraction of sp³-hybridized carbons (Fsp3) is 0.0769. The van der Waals surface area contributed by atoms with Gasteiger partial charge in [-0.1, -0.05) is 15.9 Å². The molecule has 5 nitrogen and oxygen atoms in total. The van der Waals surface area contributed by atoms with Crippen LogP contribution in [0.1, 0.15) is 15.9 Å². The fourth-order valence-electron chi connectivity index (χ4n) is 1.52. The van der Waals surface area contributed by atoms with Crippen LogP contribution in [-0.4, -0.2) is 10.9 Å². The number of nitrogens with one attached hydrogen (secondary N) is 1. The summed E-state index contributed by atoms with van der Waals surface area (Å²) in [6.45, 7) is 0.356. The van der Waals surface area contributed by atoms with Gasteiger partial charge < -0.3 is 4.74 Å². The molecule has 0 saturated heterocycles. The number of hydrazine groups is 1. The summed E-state index contributed by atoms with van der Waals surface area (Å²) in [7, 11) is 0. The van der Waals surface area contributed by atoms with Crippen LogP contribution in [0, 0.1) is 0 Å². The Morgan fingerprint density at radius 2 is 2.05 bits per heavy atom. The predicted molar refractivity (Wildman–Crippen MR) is 74.4 cm³/mol. The van der Waals surface area contributed by atoms with E-state index in [2.05, 4.69) is 26.3 Å². The smallest absolute Gasteiger partial charge is 0.268 e. The average molecular weight is 322 g/mol. The maximum Gasteiger partial charge on any atom is 0.268 e. The molecule has 19 heavy (non-hydrogen) atoms. The zero-order chi connectivity index (χ0) is 13.7. The number of nitrogens with zero attached hydrogens (tertiary/aromatic N) is 1. The van der Waals surface area contributed by atoms with E-state index >= 15 is 0 Å². The number of nitrogens with two attached hydrogens (primary N) is 1. The lowest BCUT2D eigenvalue weighted by Crippen LogP contribution is -2.30. The van der Waals surface area contributed by atoms with E-state index < -0.39 is 5.91 Å². The molecule has 0 bridgehead atoms. The molecule has 0 aliphatic carbocycles. The van der Waals surface area contributed by atoms with Gasteiger partial charge in [-0.15, -0.1) is 0 Å². The average Bonchev–Trinajstić information content (AvgIpc) is 2.46. The maximum absolute atomic E-state index is 11.7. The molecule has 0 saturated carbocycles. The number of halogens is 1. The Labute approximate surface area is 118 Å². The topological polar surface area (TPSA) is 77.2 Å². The molecule has 3 N–H and O–H groups in total. The van der Waals surface area contributed by atoms with Crippen molar-refractivity contribution in [3.05, 3.63) is 58.3 Å². The summed E-state index contributed by atoms with van der Waals surface area (Å²) in [4.78, 5) is 15.6. The largest absolute Gasteiger partial charge is 0.488 e. The number of carbonyl (C=O) groups excluding carboxylic acids is 1. The quantitative estimate of drug-likeness (QED) is 0.513. The first-order valence-corrected chi connectivity index (χ1v) is 6.32. The van der Waals surface area contributed by atoms with Gasteiger partial charge >= 0.3 is 0 Å². The van der Waals surface area contributed by atoms with Crippen molar-refractivity contribution < 1.29 is 9.53 Å². The Morgan fingerprint density at radius 1 is 1.32 bits per heavy atom. The van der Waals surface area contributed by atoms with Crippen LogP contribution in [0.25, 0.3) is 0 Å². The summed E-state index contributed by atoms with van der Waals surface area (Å²) < 4.78 is 6.42. The van der Waals surface area contributed by atoms with E-state index in [1.54, 1.807) is 30.6 Å². The van der Waals surface area contributed by atoms with Crippen molar-refractivity contribution >= 4 is 21.8 Å². The van der Waals surface area contributed by atoms with Crippen molar-refractivity contribution in [3.63, 3.8) is 0 Å². The van der Waals surface area contributed by atoms with Crippen molar-refractivity contribution in [2.45, 2.75) is 6.61 Å². The molecular formula is C13H12BrN3O2. The number of ether oxygens (including phenoxy) is 1. The summed E-state index contributed by atoms with van der Waals surface area (Å²) in [5, 5.41) is 0. The van der Waals surface area contributed by atoms with Crippen molar-refractivity contribution in [3.8, 4) is 5.75 Å². The van der Waals surface area contributed by atoms with E-state index in [-0.39, 0.29) is 0 Å². The minimum atomic E-state index is -0.397. The lowest BCUT2D eigenvalue weighted by molar-refractivity contribution is 0.0949. The lowest BCUT2D eigenvalue weighted by atomic mass is 10.2. The molecule has 2 aromatic rings. The molecule has 2 rings (SSSR count). The Morgan fingerprint density at radius 3 is 2.74 bits per heavy atom. The molecule has 1 aromatic carbocycles. The number of hydrogen-bond acceptors (Lipinski definition) is 4. The normalized spacial score (nSPS) is 10.0. The first-order chi connectivity index (χ1) is 9.20. The van der Waals surface area contributed by atoms with Crippen LogP contribution >= 0.6 is 15.9 Å². The van der Waals surface area contributed by atoms with Crippen molar-refractivity contribution in [2.24, 2.45) is 5.84 Å². The number of rotatable bonds is 4. The van der Waals surface area contributed by atoms with E-state index in [4.69, 9.17) is 10.6 Å². The van der Waals surface area contributed by atoms with E-state index in [0.717, 1.165) is 10.0 Å². The SMILES string of the molecule is NNC(=O)c1cc(Br)ccc1OCc1ccncc1. The van der Waals surface area contributed by atoms with E-state index in [1.165, 1.54) is 0 Å². The molecule has 0 spiro atoms. The maximum atomic E-state index is 11.7. The second-order valence-corrected chi connectivity index (χ2v) is 4.67. The van der Waals surface area contributed by atoms with Gasteiger partial charge in [-0.2, -0.15) is 0 Å². The lowest BCUT2D eigenvalue weighted by Gasteiger charge is -2.11. The van der Waals surface area contributed by atoms with Gasteiger partial charge in [0.1, 0.15) is 12.4 Å². The number of hydrogen-bond donors (Lipinski definition) is 2. The number of nitrogen functional groups attached to an aromatic ring is 1. The molecule has 6 heteroatoms. The van der Waals surface area contributed by atoms with Crippen LogP contribution in [0.2, 0.25) is 0 Å². The molecule has 1 amide bonds. The Balaban J connectivity index is 2.18. The van der Waals surface area contributed by atoms with Gasteiger partial charge in [-0.25, -0.2) is 5.84 Å². The first kappa shape index (κ1) is 13.5. The summed E-state index contributed by atoms with van der Waals surface area (Å²) >= 11 is 3.31. The summed E-state index contributed by atoms with van der Waals surface area (Å²) in [6.07, 6.45) is 3.38. The third kappa shape index (κ3) is 3.52. The minimum absolute atomic E-state index is 0.356. The van der Waals surface area contributed by atoms with Gasteiger partial charge in [0.05, 0.1) is 5.56 Å². The van der Waals surface area contributed by atoms with Gasteiger partial charge in [0.2, 0.25) is 0 Å². The highest BCUT2D eigenvalue weighted by Crippen LogP contribution is 2.24. The number of pyridine rings is 1. The van der Waals surface area contributed by atoms with Crippen molar-refractivity contribution in [2.75, 3.05) is 0 Å². The van der Waals surface area contributed by atoms with Crippen LogP contribution in [0.15, 0.2) is 47.2 Å². The first-order valence-electron chi connectivity index (χ1n) is 5.53. The summed E-state index contributed by atoms with van der Waals surface area (Å²) in [5.74, 6) is 5.23. The summed E-state index contributed by atoms with van der Waals surface area (Å²) in [5.41, 5.74) is 3.45. The van der Waals surface area contributed by atoms with E-state index in [9.17, 15) is 4.79 Å². The van der Waals surface area contributed by atoms with Crippen LogP contribution in [0.3, 0.4) is 0 Å². The van der Waals surface area contributed by atoms with Gasteiger partial charge in [0.15, 0.2) is 0 Å². The monoisotopic (exact) mass is 321 g/mol. The molecule has 0 aliphatic rings. The number of amides is 1. The molecule has 98 valence electrons. The standard InChI is InChI=1S/C13H12BrN3O2/c14-10-1-2-12(11(7-10)13(18)17-15)19-8-9-3-5-16-6-4-9/h1-7H,8,15H2,(H,17,18). The molecule has 0 aliphatic heterocycles. The third-order valence-corrected chi connectivity index (χ3v) is 2.95. The molecule has 0 atom stereocenters. The highest BCUT2D eigenvalue weighted by Gasteiger charge is 2.12. The van der Waals surface area contributed by atoms with Gasteiger partial charge in [-0.05, 0) is 35.9 Å². The Kier molecular flexibility index (Phi) is 4.48. The zero-order valence-electron chi connectivity index (χ0n) is 9.97. The number of aromatic nitrogens is 1. The van der Waals surface area contributed by atoms with Gasteiger partial charge in [0.25, 0.3) is 5.91 Å². The highest BCUT2D eigenvalue weighted by molar-refractivity contribution is 9.10. The zero-order valence-corrected chi connectivity index (χ0v) is 11.6. The molecule has 1 heterocycles. The molecule has 1 aromatic heterocycles. The Bertz CT molecular complexity index is 575. The third-order valence-electron chi connectivity index (χ3n) is 2.46. The minimum Gasteiger partial charge on any atom is -0.488 e. The van der Waals surface area contributed by atoms with Crippen molar-refractivity contribution in [1.29, 1.82) is 0 Å². The Hall–Kier alpha value is -1.92. The predicted octanol–water partition coefficient (Wildman–Crippen LogP) is 2.03. The highest BCUT2D eigenvalue weighted by atomic mass is 79.9. The van der Waals surface area contributed by atoms with Gasteiger partial charge in [0, 0.05) is 16.9 Å².